The molecule has 0 saturated carbocycles. The second-order valence-corrected chi connectivity index (χ2v) is 8.25. The molecular formula is C25H32N6O. The van der Waals surface area contributed by atoms with Crippen LogP contribution >= 0.6 is 0 Å². The van der Waals surface area contributed by atoms with Crippen LogP contribution in [0.4, 0.5) is 17.5 Å². The summed E-state index contributed by atoms with van der Waals surface area (Å²) >= 11 is 0. The van der Waals surface area contributed by atoms with Crippen LogP contribution in [0.25, 0.3) is 22.3 Å². The van der Waals surface area contributed by atoms with Crippen LogP contribution in [0.1, 0.15) is 6.42 Å². The van der Waals surface area contributed by atoms with Crippen LogP contribution in [0.5, 0.6) is 0 Å². The predicted octanol–water partition coefficient (Wildman–Crippen LogP) is 3.59. The van der Waals surface area contributed by atoms with Gasteiger partial charge in [0.1, 0.15) is 5.82 Å². The maximum absolute atomic E-state index is 5.90. The molecule has 0 bridgehead atoms. The first-order chi connectivity index (χ1) is 15.6. The van der Waals surface area contributed by atoms with Gasteiger partial charge in [-0.05, 0) is 47.9 Å². The third-order valence-electron chi connectivity index (χ3n) is 5.72. The number of ether oxygens (including phenoxy) is 1. The largest absolute Gasteiger partial charge is 0.379 e. The zero-order chi connectivity index (χ0) is 22.3. The van der Waals surface area contributed by atoms with E-state index in [0.29, 0.717) is 0 Å². The Labute approximate surface area is 190 Å². The van der Waals surface area contributed by atoms with Crippen molar-refractivity contribution < 1.29 is 4.74 Å². The van der Waals surface area contributed by atoms with Crippen molar-refractivity contribution in [1.82, 2.24) is 14.9 Å². The lowest BCUT2D eigenvalue weighted by molar-refractivity contribution is 0.0378. The number of hydrogen-bond acceptors (Lipinski definition) is 7. The lowest BCUT2D eigenvalue weighted by Crippen LogP contribution is -2.37. The van der Waals surface area contributed by atoms with Crippen LogP contribution in [-0.2, 0) is 4.74 Å². The van der Waals surface area contributed by atoms with Crippen LogP contribution < -0.4 is 16.0 Å². The maximum Gasteiger partial charge on any atom is 0.221 e. The molecule has 0 atom stereocenters. The van der Waals surface area contributed by atoms with Gasteiger partial charge in [-0.25, -0.2) is 4.98 Å². The summed E-state index contributed by atoms with van der Waals surface area (Å²) in [4.78, 5) is 13.3. The summed E-state index contributed by atoms with van der Waals surface area (Å²) in [5, 5.41) is 3.48. The van der Waals surface area contributed by atoms with Gasteiger partial charge in [0, 0.05) is 51.2 Å². The van der Waals surface area contributed by atoms with E-state index in [4.69, 9.17) is 10.5 Å². The Hall–Kier alpha value is -3.16. The van der Waals surface area contributed by atoms with E-state index in [0.717, 1.165) is 68.3 Å². The van der Waals surface area contributed by atoms with Crippen molar-refractivity contribution in [2.24, 2.45) is 0 Å². The molecule has 1 aliphatic heterocycles. The van der Waals surface area contributed by atoms with Gasteiger partial charge in [0.15, 0.2) is 0 Å². The van der Waals surface area contributed by atoms with Crippen LogP contribution in [0.15, 0.2) is 54.7 Å². The monoisotopic (exact) mass is 432 g/mol. The van der Waals surface area contributed by atoms with Crippen LogP contribution in [-0.4, -0.2) is 68.4 Å². The smallest absolute Gasteiger partial charge is 0.221 e. The van der Waals surface area contributed by atoms with Gasteiger partial charge >= 0.3 is 0 Å². The summed E-state index contributed by atoms with van der Waals surface area (Å²) in [5.74, 6) is 1.05. The topological polar surface area (TPSA) is 79.5 Å². The minimum Gasteiger partial charge on any atom is -0.379 e. The summed E-state index contributed by atoms with van der Waals surface area (Å²) in [6, 6.07) is 17.0. The molecule has 2 heterocycles. The summed E-state index contributed by atoms with van der Waals surface area (Å²) < 4.78 is 5.42. The molecule has 7 heteroatoms. The molecule has 7 nitrogen and oxygen atoms in total. The van der Waals surface area contributed by atoms with E-state index in [-0.39, 0.29) is 5.95 Å². The number of benzene rings is 2. The van der Waals surface area contributed by atoms with Crippen molar-refractivity contribution in [2.75, 3.05) is 69.4 Å². The zero-order valence-electron chi connectivity index (χ0n) is 18.9. The van der Waals surface area contributed by atoms with Gasteiger partial charge in [0.2, 0.25) is 5.95 Å². The van der Waals surface area contributed by atoms with Crippen LogP contribution in [0.2, 0.25) is 0 Å². The third-order valence-corrected chi connectivity index (χ3v) is 5.72. The molecule has 0 aliphatic carbocycles. The molecule has 4 rings (SSSR count). The molecule has 1 aromatic heterocycles. The second kappa shape index (κ2) is 10.4. The molecule has 1 saturated heterocycles. The third kappa shape index (κ3) is 5.55. The van der Waals surface area contributed by atoms with Crippen molar-refractivity contribution in [1.29, 1.82) is 0 Å². The molecule has 1 aliphatic rings. The lowest BCUT2D eigenvalue weighted by atomic mass is 9.99. The van der Waals surface area contributed by atoms with Crippen LogP contribution in [0, 0.1) is 0 Å². The highest BCUT2D eigenvalue weighted by Gasteiger charge is 2.12. The first kappa shape index (κ1) is 22.0. The molecule has 0 spiro atoms. The Morgan fingerprint density at radius 2 is 1.75 bits per heavy atom. The average Bonchev–Trinajstić information content (AvgIpc) is 2.83. The van der Waals surface area contributed by atoms with E-state index >= 15 is 0 Å². The Bertz CT molecular complexity index is 1030. The fraction of sp³-hybridized carbons (Fsp3) is 0.360. The first-order valence-corrected chi connectivity index (χ1v) is 11.1. The predicted molar refractivity (Wildman–Crippen MR) is 132 cm³/mol. The minimum absolute atomic E-state index is 0.277. The van der Waals surface area contributed by atoms with Crippen molar-refractivity contribution in [2.45, 2.75) is 6.42 Å². The Morgan fingerprint density at radius 3 is 2.53 bits per heavy atom. The molecule has 0 amide bonds. The van der Waals surface area contributed by atoms with Crippen molar-refractivity contribution in [3.63, 3.8) is 0 Å². The normalized spacial score (nSPS) is 14.3. The summed E-state index contributed by atoms with van der Waals surface area (Å²) in [5.41, 5.74) is 11.4. The molecule has 1 fully saturated rings. The van der Waals surface area contributed by atoms with E-state index in [1.165, 1.54) is 11.3 Å². The number of aromatic nitrogens is 2. The maximum atomic E-state index is 5.90. The van der Waals surface area contributed by atoms with E-state index in [1.54, 1.807) is 0 Å². The Balaban J connectivity index is 1.51. The highest BCUT2D eigenvalue weighted by molar-refractivity contribution is 5.80. The second-order valence-electron chi connectivity index (χ2n) is 8.25. The fourth-order valence-corrected chi connectivity index (χ4v) is 3.91. The van der Waals surface area contributed by atoms with Gasteiger partial charge in [0.25, 0.3) is 0 Å². The highest BCUT2D eigenvalue weighted by Crippen LogP contribution is 2.31. The molecule has 0 unspecified atom stereocenters. The molecule has 2 aromatic carbocycles. The molecular weight excluding hydrogens is 400 g/mol. The molecule has 32 heavy (non-hydrogen) atoms. The number of nitrogens with two attached hydrogens (primary N) is 1. The summed E-state index contributed by atoms with van der Waals surface area (Å²) in [7, 11) is 4.11. The summed E-state index contributed by atoms with van der Waals surface area (Å²) in [6.45, 7) is 5.54. The SMILES string of the molecule is CN(C)c1cccc(-c2cccc(-c3cnc(N)nc3NCCCN3CCOCC3)c2)c1. The van der Waals surface area contributed by atoms with Crippen molar-refractivity contribution >= 4 is 17.5 Å². The molecule has 3 N–H and O–H groups in total. The molecule has 3 aromatic rings. The number of rotatable bonds is 8. The van der Waals surface area contributed by atoms with Gasteiger partial charge in [-0.2, -0.15) is 4.98 Å². The number of nitrogens with zero attached hydrogens (tertiary/aromatic N) is 4. The van der Waals surface area contributed by atoms with Gasteiger partial charge < -0.3 is 20.7 Å². The molecule has 0 radical (unpaired) electrons. The van der Waals surface area contributed by atoms with E-state index in [2.05, 4.69) is 87.7 Å². The average molecular weight is 433 g/mol. The van der Waals surface area contributed by atoms with Crippen molar-refractivity contribution in [3.05, 3.63) is 54.7 Å². The standard InChI is InChI=1S/C25H32N6O/c1-30(2)22-9-4-7-20(17-22)19-6-3-8-21(16-19)23-18-28-25(26)29-24(23)27-10-5-11-31-12-14-32-15-13-31/h3-4,6-9,16-18H,5,10-15H2,1-2H3,(H3,26,27,28,29). The zero-order valence-corrected chi connectivity index (χ0v) is 18.9. The number of anilines is 3. The Morgan fingerprint density at radius 1 is 1.03 bits per heavy atom. The van der Waals surface area contributed by atoms with Crippen LogP contribution in [0.3, 0.4) is 0 Å². The number of hydrogen-bond donors (Lipinski definition) is 2. The van der Waals surface area contributed by atoms with E-state index < -0.39 is 0 Å². The van der Waals surface area contributed by atoms with Gasteiger partial charge in [-0.3, -0.25) is 4.90 Å². The fourth-order valence-electron chi connectivity index (χ4n) is 3.91. The summed E-state index contributed by atoms with van der Waals surface area (Å²) in [6.07, 6.45) is 2.84. The number of nitrogen functional groups attached to an aromatic ring is 1. The lowest BCUT2D eigenvalue weighted by Gasteiger charge is -2.26. The van der Waals surface area contributed by atoms with Gasteiger partial charge in [-0.15, -0.1) is 0 Å². The van der Waals surface area contributed by atoms with Gasteiger partial charge in [-0.1, -0.05) is 30.3 Å². The van der Waals surface area contributed by atoms with E-state index in [1.807, 2.05) is 6.20 Å². The van der Waals surface area contributed by atoms with Gasteiger partial charge in [0.05, 0.1) is 13.2 Å². The molecule has 168 valence electrons. The number of morpholine rings is 1. The first-order valence-electron chi connectivity index (χ1n) is 11.1. The highest BCUT2D eigenvalue weighted by atomic mass is 16.5. The Kier molecular flexibility index (Phi) is 7.19. The number of nitrogens with one attached hydrogen (secondary N) is 1. The minimum atomic E-state index is 0.277. The van der Waals surface area contributed by atoms with E-state index in [9.17, 15) is 0 Å². The quantitative estimate of drug-likeness (QED) is 0.527. The van der Waals surface area contributed by atoms with Crippen molar-refractivity contribution in [3.8, 4) is 22.3 Å².